The van der Waals surface area contributed by atoms with Gasteiger partial charge in [-0.05, 0) is 6.92 Å². The molecule has 110 valence electrons. The van der Waals surface area contributed by atoms with Crippen LogP contribution in [-0.4, -0.2) is 26.2 Å². The molecule has 0 aliphatic carbocycles. The summed E-state index contributed by atoms with van der Waals surface area (Å²) in [4.78, 5) is 13.7. The quantitative estimate of drug-likeness (QED) is 0.760. The molecule has 2 N–H and O–H groups in total. The first-order valence-corrected chi connectivity index (χ1v) is 7.28. The minimum atomic E-state index is 0.367. The van der Waals surface area contributed by atoms with Crippen molar-refractivity contribution in [1.29, 1.82) is 0 Å². The first kappa shape index (κ1) is 13.0. The number of imidazole rings is 1. The van der Waals surface area contributed by atoms with Crippen molar-refractivity contribution >= 4 is 17.3 Å². The molecule has 1 unspecified atom stereocenters. The van der Waals surface area contributed by atoms with Crippen LogP contribution < -0.4 is 10.9 Å². The second-order valence-electron chi connectivity index (χ2n) is 5.41. The lowest BCUT2D eigenvalue weighted by Gasteiger charge is -2.05. The summed E-state index contributed by atoms with van der Waals surface area (Å²) in [7, 11) is 0. The Balaban J connectivity index is 1.84. The molecule has 1 saturated heterocycles. The third-order valence-electron chi connectivity index (χ3n) is 3.63. The Kier molecular flexibility index (Phi) is 3.08. The van der Waals surface area contributed by atoms with Gasteiger partial charge in [0.1, 0.15) is 5.84 Å². The van der Waals surface area contributed by atoms with Crippen LogP contribution in [0.1, 0.15) is 13.3 Å². The molecule has 1 aliphatic heterocycles. The number of aliphatic imine (C=N–C) groups is 1. The lowest BCUT2D eigenvalue weighted by Crippen LogP contribution is -2.29. The topological polar surface area (TPSA) is 66.6 Å². The van der Waals surface area contributed by atoms with E-state index < -0.39 is 0 Å². The Hall–Kier alpha value is -2.73. The van der Waals surface area contributed by atoms with Gasteiger partial charge in [0.2, 0.25) is 0 Å². The number of amidine groups is 1. The Morgan fingerprint density at radius 3 is 2.91 bits per heavy atom. The number of benzene rings is 1. The summed E-state index contributed by atoms with van der Waals surface area (Å²) >= 11 is 0. The van der Waals surface area contributed by atoms with Gasteiger partial charge >= 0.3 is 0 Å². The summed E-state index contributed by atoms with van der Waals surface area (Å²) < 4.78 is 1.96. The molecule has 0 radical (unpaired) electrons. The molecule has 3 heterocycles. The van der Waals surface area contributed by atoms with Gasteiger partial charge in [-0.25, -0.2) is 20.4 Å². The van der Waals surface area contributed by atoms with Crippen LogP contribution in [0.5, 0.6) is 0 Å². The fourth-order valence-corrected chi connectivity index (χ4v) is 2.54. The molecule has 6 heteroatoms. The Bertz CT molecular complexity index is 836. The van der Waals surface area contributed by atoms with E-state index in [1.807, 2.05) is 47.1 Å². The number of nitrogens with one attached hydrogen (secondary N) is 2. The Morgan fingerprint density at radius 1 is 1.27 bits per heavy atom. The van der Waals surface area contributed by atoms with Crippen LogP contribution in [0.4, 0.5) is 5.82 Å². The number of fused-ring (bicyclic) bond motifs is 1. The summed E-state index contributed by atoms with van der Waals surface area (Å²) in [6, 6.07) is 10.5. The predicted molar refractivity (Wildman–Crippen MR) is 85.9 cm³/mol. The molecule has 0 bridgehead atoms. The third-order valence-corrected chi connectivity index (χ3v) is 3.63. The van der Waals surface area contributed by atoms with Crippen LogP contribution in [0.2, 0.25) is 0 Å². The molecule has 1 fully saturated rings. The summed E-state index contributed by atoms with van der Waals surface area (Å²) in [6.07, 6.45) is 6.50. The van der Waals surface area contributed by atoms with Crippen LogP contribution in [0.3, 0.4) is 0 Å². The third kappa shape index (κ3) is 2.33. The van der Waals surface area contributed by atoms with Crippen molar-refractivity contribution in [2.45, 2.75) is 19.4 Å². The van der Waals surface area contributed by atoms with E-state index >= 15 is 0 Å². The van der Waals surface area contributed by atoms with Gasteiger partial charge in [-0.2, -0.15) is 0 Å². The summed E-state index contributed by atoms with van der Waals surface area (Å²) in [6.45, 7) is 2.11. The van der Waals surface area contributed by atoms with Gasteiger partial charge in [0.25, 0.3) is 0 Å². The van der Waals surface area contributed by atoms with Crippen LogP contribution >= 0.6 is 0 Å². The van der Waals surface area contributed by atoms with Crippen LogP contribution in [0.25, 0.3) is 16.9 Å². The highest BCUT2D eigenvalue weighted by atomic mass is 15.4. The zero-order valence-electron chi connectivity index (χ0n) is 12.2. The van der Waals surface area contributed by atoms with Crippen molar-refractivity contribution in [1.82, 2.24) is 25.2 Å². The Labute approximate surface area is 127 Å². The van der Waals surface area contributed by atoms with E-state index in [4.69, 9.17) is 4.98 Å². The summed E-state index contributed by atoms with van der Waals surface area (Å²) in [5.74, 6) is 1.51. The van der Waals surface area contributed by atoms with Gasteiger partial charge in [-0.15, -0.1) is 0 Å². The molecule has 2 aromatic heterocycles. The zero-order chi connectivity index (χ0) is 14.9. The summed E-state index contributed by atoms with van der Waals surface area (Å²) in [5.41, 5.74) is 8.93. The maximum absolute atomic E-state index is 4.69. The maximum atomic E-state index is 4.69. The number of rotatable bonds is 2. The molecule has 1 atom stereocenters. The molecule has 3 aromatic rings. The average Bonchev–Trinajstić information content (AvgIpc) is 3.17. The van der Waals surface area contributed by atoms with Crippen molar-refractivity contribution in [3.05, 3.63) is 48.9 Å². The molecular formula is C16H16N6. The fraction of sp³-hybridized carbons (Fsp3) is 0.188. The van der Waals surface area contributed by atoms with Gasteiger partial charge in [-0.1, -0.05) is 30.3 Å². The van der Waals surface area contributed by atoms with Crippen molar-refractivity contribution in [3.8, 4) is 11.3 Å². The molecule has 1 aliphatic rings. The van der Waals surface area contributed by atoms with Crippen molar-refractivity contribution < 1.29 is 0 Å². The molecular weight excluding hydrogens is 276 g/mol. The molecule has 0 spiro atoms. The van der Waals surface area contributed by atoms with Crippen molar-refractivity contribution in [3.63, 3.8) is 0 Å². The van der Waals surface area contributed by atoms with E-state index in [9.17, 15) is 0 Å². The number of hydrogen-bond donors (Lipinski definition) is 2. The highest BCUT2D eigenvalue weighted by Crippen LogP contribution is 2.24. The largest absolute Gasteiger partial charge is 0.309 e. The normalized spacial score (nSPS) is 19.7. The minimum absolute atomic E-state index is 0.367. The monoisotopic (exact) mass is 292 g/mol. The molecule has 0 amide bonds. The van der Waals surface area contributed by atoms with E-state index in [1.54, 1.807) is 6.20 Å². The van der Waals surface area contributed by atoms with E-state index in [2.05, 4.69) is 27.8 Å². The van der Waals surface area contributed by atoms with Crippen LogP contribution in [-0.2, 0) is 0 Å². The second kappa shape index (κ2) is 5.23. The Morgan fingerprint density at radius 2 is 2.14 bits per heavy atom. The van der Waals surface area contributed by atoms with Crippen molar-refractivity contribution in [2.24, 2.45) is 4.99 Å². The van der Waals surface area contributed by atoms with Crippen molar-refractivity contribution in [2.75, 3.05) is 0 Å². The second-order valence-corrected chi connectivity index (χ2v) is 5.41. The SMILES string of the molecule is CC1CC(=Nc2nc(-c3ccccc3)cn3ccnc23)NN1. The first-order chi connectivity index (χ1) is 10.8. The van der Waals surface area contributed by atoms with Gasteiger partial charge in [0.15, 0.2) is 11.5 Å². The highest BCUT2D eigenvalue weighted by molar-refractivity contribution is 5.87. The summed E-state index contributed by atoms with van der Waals surface area (Å²) in [5, 5.41) is 0. The van der Waals surface area contributed by atoms with E-state index in [0.29, 0.717) is 11.9 Å². The molecule has 22 heavy (non-hydrogen) atoms. The minimum Gasteiger partial charge on any atom is -0.309 e. The average molecular weight is 292 g/mol. The predicted octanol–water partition coefficient (Wildman–Crippen LogP) is 2.31. The molecule has 1 aromatic carbocycles. The van der Waals surface area contributed by atoms with E-state index in [-0.39, 0.29) is 0 Å². The zero-order valence-corrected chi connectivity index (χ0v) is 12.2. The van der Waals surface area contributed by atoms with Gasteiger partial charge in [0, 0.05) is 36.6 Å². The number of nitrogens with zero attached hydrogens (tertiary/aromatic N) is 4. The standard InChI is InChI=1S/C16H16N6/c1-11-9-14(21-20-11)19-15-16-17-7-8-22(16)10-13(18-15)12-5-3-2-4-6-12/h2-8,10-11,20H,9H2,1H3,(H,18,19,21). The molecule has 4 rings (SSSR count). The highest BCUT2D eigenvalue weighted by Gasteiger charge is 2.16. The van der Waals surface area contributed by atoms with Gasteiger partial charge < -0.3 is 9.83 Å². The fourth-order valence-electron chi connectivity index (χ4n) is 2.54. The van der Waals surface area contributed by atoms with E-state index in [0.717, 1.165) is 29.2 Å². The van der Waals surface area contributed by atoms with Gasteiger partial charge in [0.05, 0.1) is 5.69 Å². The number of aromatic nitrogens is 3. The first-order valence-electron chi connectivity index (χ1n) is 7.28. The number of hydrogen-bond acceptors (Lipinski definition) is 4. The number of hydrazine groups is 1. The molecule has 6 nitrogen and oxygen atoms in total. The lowest BCUT2D eigenvalue weighted by atomic mass is 10.2. The van der Waals surface area contributed by atoms with E-state index in [1.165, 1.54) is 0 Å². The smallest absolute Gasteiger partial charge is 0.198 e. The lowest BCUT2D eigenvalue weighted by molar-refractivity contribution is 0.602. The van der Waals surface area contributed by atoms with Gasteiger partial charge in [-0.3, -0.25) is 0 Å². The maximum Gasteiger partial charge on any atom is 0.198 e. The van der Waals surface area contributed by atoms with Crippen LogP contribution in [0, 0.1) is 0 Å². The molecule has 0 saturated carbocycles. The van der Waals surface area contributed by atoms with Crippen LogP contribution in [0.15, 0.2) is 53.9 Å².